The van der Waals surface area contributed by atoms with Crippen molar-refractivity contribution in [2.45, 2.75) is 13.3 Å². The van der Waals surface area contributed by atoms with E-state index < -0.39 is 0 Å². The average molecular weight is 939 g/mol. The van der Waals surface area contributed by atoms with Crippen LogP contribution < -0.4 is 30.0 Å². The predicted molar refractivity (Wildman–Crippen MR) is 310 cm³/mol. The number of benzene rings is 11. The molecule has 1 aliphatic rings. The van der Waals surface area contributed by atoms with E-state index in [0.29, 0.717) is 5.92 Å². The van der Waals surface area contributed by atoms with Crippen LogP contribution in [0.1, 0.15) is 13.3 Å². The molecule has 0 radical (unpaired) electrons. The molecule has 1 aliphatic carbocycles. The first-order chi connectivity index (χ1) is 36.1. The van der Waals surface area contributed by atoms with Crippen LogP contribution in [-0.2, 0) is 0 Å². The zero-order chi connectivity index (χ0) is 48.9. The molecule has 0 N–H and O–H groups in total. The van der Waals surface area contributed by atoms with Gasteiger partial charge < -0.3 is 19.6 Å². The smallest absolute Gasteiger partial charge is 0.0540 e. The third kappa shape index (κ3) is 9.15. The summed E-state index contributed by atoms with van der Waals surface area (Å²) in [6, 6.07) is 100. The van der Waals surface area contributed by atoms with Gasteiger partial charge in [0.2, 0.25) is 0 Å². The Balaban J connectivity index is 0.842. The minimum Gasteiger partial charge on any atom is -0.311 e. The molecule has 1 atom stereocenters. The second-order valence-electron chi connectivity index (χ2n) is 18.7. The van der Waals surface area contributed by atoms with Crippen LogP contribution in [0.3, 0.4) is 0 Å². The Morgan fingerprint density at radius 2 is 0.616 bits per heavy atom. The highest BCUT2D eigenvalue weighted by Crippen LogP contribution is 2.43. The molecule has 0 amide bonds. The van der Waals surface area contributed by atoms with E-state index in [0.717, 1.165) is 80.1 Å². The van der Waals surface area contributed by atoms with E-state index >= 15 is 0 Å². The molecule has 11 aromatic rings. The van der Waals surface area contributed by atoms with Gasteiger partial charge in [0, 0.05) is 67.5 Å². The molecule has 12 rings (SSSR count). The minimum absolute atomic E-state index is 0.526. The summed E-state index contributed by atoms with van der Waals surface area (Å²) in [6.07, 6.45) is 5.84. The third-order valence-electron chi connectivity index (χ3n) is 13.9. The van der Waals surface area contributed by atoms with E-state index in [-0.39, 0.29) is 0 Å². The van der Waals surface area contributed by atoms with Crippen LogP contribution in [0.15, 0.2) is 279 Å². The van der Waals surface area contributed by atoms with Crippen LogP contribution >= 0.6 is 0 Å². The number of hydrogen-bond acceptors (Lipinski definition) is 4. The Kier molecular flexibility index (Phi) is 12.4. The lowest BCUT2D eigenvalue weighted by atomic mass is 9.98. The molecule has 0 fully saturated rings. The van der Waals surface area contributed by atoms with E-state index in [1.807, 2.05) is 0 Å². The van der Waals surface area contributed by atoms with E-state index in [2.05, 4.69) is 318 Å². The maximum Gasteiger partial charge on any atom is 0.0540 e. The van der Waals surface area contributed by atoms with Crippen LogP contribution in [0.25, 0.3) is 34.1 Å². The number of para-hydroxylation sites is 4. The number of hydrogen-bond donors (Lipinski definition) is 0. The fourth-order valence-electron chi connectivity index (χ4n) is 10.4. The van der Waals surface area contributed by atoms with E-state index in [4.69, 9.17) is 0 Å². The summed E-state index contributed by atoms with van der Waals surface area (Å²) in [5.74, 6) is 0.526. The number of rotatable bonds is 13. The van der Waals surface area contributed by atoms with E-state index in [1.165, 1.54) is 26.9 Å². The second-order valence-corrected chi connectivity index (χ2v) is 18.7. The quantitative estimate of drug-likeness (QED) is 0.114. The first-order valence-corrected chi connectivity index (χ1v) is 25.2. The first kappa shape index (κ1) is 44.8. The largest absolute Gasteiger partial charge is 0.311 e. The Morgan fingerprint density at radius 3 is 1.08 bits per heavy atom. The number of anilines is 12. The van der Waals surface area contributed by atoms with Crippen LogP contribution in [0.5, 0.6) is 0 Å². The summed E-state index contributed by atoms with van der Waals surface area (Å²) < 4.78 is 0. The Labute approximate surface area is 428 Å². The van der Waals surface area contributed by atoms with Gasteiger partial charge in [0.25, 0.3) is 0 Å². The van der Waals surface area contributed by atoms with Gasteiger partial charge in [-0.05, 0) is 168 Å². The molecule has 0 aliphatic heterocycles. The molecule has 4 heteroatoms. The minimum atomic E-state index is 0.526. The van der Waals surface area contributed by atoms with Crippen molar-refractivity contribution in [3.8, 4) is 11.1 Å². The van der Waals surface area contributed by atoms with Crippen LogP contribution in [0, 0.1) is 5.92 Å². The second kappa shape index (κ2) is 20.2. The number of nitrogens with zero attached hydrogens (tertiary/aromatic N) is 4. The van der Waals surface area contributed by atoms with Crippen LogP contribution in [0.4, 0.5) is 68.2 Å². The predicted octanol–water partition coefficient (Wildman–Crippen LogP) is 18.0. The highest BCUT2D eigenvalue weighted by Gasteiger charge is 2.20. The zero-order valence-electron chi connectivity index (χ0n) is 40.8. The van der Waals surface area contributed by atoms with Gasteiger partial charge in [0.1, 0.15) is 0 Å². The fraction of sp³-hybridized carbons (Fsp3) is 0.0435. The van der Waals surface area contributed by atoms with E-state index in [9.17, 15) is 0 Å². The van der Waals surface area contributed by atoms with Gasteiger partial charge in [0.05, 0.1) is 11.4 Å². The van der Waals surface area contributed by atoms with Gasteiger partial charge in [-0.2, -0.15) is 0 Å². The topological polar surface area (TPSA) is 13.0 Å². The molecule has 0 heterocycles. The highest BCUT2D eigenvalue weighted by molar-refractivity contribution is 5.99. The van der Waals surface area contributed by atoms with Crippen molar-refractivity contribution >= 4 is 91.2 Å². The van der Waals surface area contributed by atoms with Crippen molar-refractivity contribution in [3.05, 3.63) is 289 Å². The molecule has 0 saturated heterocycles. The summed E-state index contributed by atoms with van der Waals surface area (Å²) in [7, 11) is 0. The lowest BCUT2D eigenvalue weighted by Gasteiger charge is -2.29. The normalized spacial score (nSPS) is 12.8. The summed E-state index contributed by atoms with van der Waals surface area (Å²) >= 11 is 0. The molecule has 0 bridgehead atoms. The lowest BCUT2D eigenvalue weighted by Crippen LogP contribution is -2.33. The molecule has 350 valence electrons. The monoisotopic (exact) mass is 938 g/mol. The van der Waals surface area contributed by atoms with Crippen molar-refractivity contribution in [1.29, 1.82) is 0 Å². The van der Waals surface area contributed by atoms with Gasteiger partial charge in [-0.3, -0.25) is 0 Å². The molecule has 0 saturated carbocycles. The maximum atomic E-state index is 2.40. The standard InChI is InChI=1S/C69H54N4/c1-51-32-49-67-55(50-51)20-17-31-69(67)73(59-27-12-5-13-28-59)65-47-43-63(44-48-65)71(57-23-8-3-9-24-57)61-39-35-53(36-40-61)52-33-37-60(38-34-52)70(56-21-6-2-7-22-56)62-41-45-64(46-42-62)72(58-25-10-4-11-26-58)68-30-16-19-54-18-14-15-29-66(54)68/h2-31,33-51H,32H2,1H3. The van der Waals surface area contributed by atoms with Gasteiger partial charge in [-0.15, -0.1) is 0 Å². The Morgan fingerprint density at radius 1 is 0.288 bits per heavy atom. The average Bonchev–Trinajstić information content (AvgIpc) is 3.46. The molecule has 11 aromatic carbocycles. The summed E-state index contributed by atoms with van der Waals surface area (Å²) in [6.45, 7) is 2.29. The third-order valence-corrected chi connectivity index (χ3v) is 13.9. The van der Waals surface area contributed by atoms with E-state index in [1.54, 1.807) is 0 Å². The Bertz CT molecular complexity index is 3750. The molecule has 1 unspecified atom stereocenters. The summed E-state index contributed by atoms with van der Waals surface area (Å²) in [5, 5.41) is 5.00. The maximum absolute atomic E-state index is 2.40. The molecule has 0 aromatic heterocycles. The van der Waals surface area contributed by atoms with Gasteiger partial charge in [-0.1, -0.05) is 165 Å². The SMILES string of the molecule is CC1C=c2cccc(N(c3ccccc3)c3ccc(N(c4ccccc4)c4ccc(-c5ccc(N(c6ccccc6)c6ccc(N(c7ccccc7)c7cccc8ccccc78)cc6)cc5)cc4)cc3)c2=CC1. The molecular formula is C69H54N4. The molecular weight excluding hydrogens is 885 g/mol. The van der Waals surface area contributed by atoms with Crippen molar-refractivity contribution < 1.29 is 0 Å². The van der Waals surface area contributed by atoms with Gasteiger partial charge in [-0.25, -0.2) is 0 Å². The molecule has 0 spiro atoms. The van der Waals surface area contributed by atoms with Gasteiger partial charge >= 0.3 is 0 Å². The first-order valence-electron chi connectivity index (χ1n) is 25.2. The zero-order valence-corrected chi connectivity index (χ0v) is 40.8. The Hall–Kier alpha value is -9.38. The summed E-state index contributed by atoms with van der Waals surface area (Å²) in [4.78, 5) is 9.40. The summed E-state index contributed by atoms with van der Waals surface area (Å²) in [5.41, 5.74) is 15.6. The van der Waals surface area contributed by atoms with Crippen molar-refractivity contribution in [3.63, 3.8) is 0 Å². The van der Waals surface area contributed by atoms with Gasteiger partial charge in [0.15, 0.2) is 0 Å². The fourth-order valence-corrected chi connectivity index (χ4v) is 10.4. The number of fused-ring (bicyclic) bond motifs is 2. The lowest BCUT2D eigenvalue weighted by molar-refractivity contribution is 0.800. The molecule has 4 nitrogen and oxygen atoms in total. The van der Waals surface area contributed by atoms with Crippen molar-refractivity contribution in [1.82, 2.24) is 0 Å². The van der Waals surface area contributed by atoms with Crippen molar-refractivity contribution in [2.24, 2.45) is 5.92 Å². The highest BCUT2D eigenvalue weighted by atomic mass is 15.2. The van der Waals surface area contributed by atoms with Crippen LogP contribution in [-0.4, -0.2) is 0 Å². The van der Waals surface area contributed by atoms with Crippen LogP contribution in [0.2, 0.25) is 0 Å². The van der Waals surface area contributed by atoms with Crippen molar-refractivity contribution in [2.75, 3.05) is 19.6 Å². The molecule has 73 heavy (non-hydrogen) atoms.